The molecule has 0 aliphatic carbocycles. The minimum Gasteiger partial charge on any atom is -0.387 e. The fourth-order valence-corrected chi connectivity index (χ4v) is 1.03. The van der Waals surface area contributed by atoms with E-state index in [4.69, 9.17) is 20.4 Å². The lowest BCUT2D eigenvalue weighted by molar-refractivity contribution is -0.334. The molecule has 0 aromatic rings. The highest BCUT2D eigenvalue weighted by Gasteiger charge is 2.43. The van der Waals surface area contributed by atoms with Crippen LogP contribution in [0.15, 0.2) is 0 Å². The monoisotopic (exact) mass is 180 g/mol. The summed E-state index contributed by atoms with van der Waals surface area (Å²) in [5.74, 6) is 0. The smallest absolute Gasteiger partial charge is 0.188 e. The second-order valence-electron chi connectivity index (χ2n) is 2.60. The molecule has 4 N–H and O–H groups in total. The van der Waals surface area contributed by atoms with E-state index in [0.29, 0.717) is 0 Å². The molecule has 1 aliphatic rings. The van der Waals surface area contributed by atoms with Gasteiger partial charge in [-0.3, -0.25) is 0 Å². The number of hydrogen-bond acceptors (Lipinski definition) is 6. The minimum atomic E-state index is -1.53. The number of aliphatic hydroxyl groups excluding tert-OH is 4. The third-order valence-corrected chi connectivity index (χ3v) is 1.78. The Labute approximate surface area is 69.0 Å². The Hall–Kier alpha value is -0.240. The van der Waals surface area contributed by atoms with E-state index < -0.39 is 30.9 Å². The van der Waals surface area contributed by atoms with Crippen molar-refractivity contribution < 1.29 is 29.9 Å². The maximum atomic E-state index is 9.15. The molecule has 0 aromatic heterocycles. The molecule has 0 amide bonds. The number of hydrogen-bond donors (Lipinski definition) is 4. The van der Waals surface area contributed by atoms with Crippen LogP contribution in [0, 0.1) is 0 Å². The molecular formula is C6H12O6. The van der Waals surface area contributed by atoms with Crippen molar-refractivity contribution >= 4 is 0 Å². The Morgan fingerprint density at radius 2 is 1.58 bits per heavy atom. The first-order valence-electron chi connectivity index (χ1n) is 3.48. The summed E-state index contributed by atoms with van der Waals surface area (Å²) in [5.41, 5.74) is 0. The van der Waals surface area contributed by atoms with E-state index in [9.17, 15) is 0 Å². The number of ether oxygens (including phenoxy) is 2. The van der Waals surface area contributed by atoms with Crippen LogP contribution in [0.2, 0.25) is 0 Å². The van der Waals surface area contributed by atoms with Gasteiger partial charge in [0.2, 0.25) is 0 Å². The molecule has 6 nitrogen and oxygen atoms in total. The Morgan fingerprint density at radius 3 is 2.08 bits per heavy atom. The summed E-state index contributed by atoms with van der Waals surface area (Å²) >= 11 is 0. The second-order valence-corrected chi connectivity index (χ2v) is 2.60. The van der Waals surface area contributed by atoms with Crippen molar-refractivity contribution in [1.29, 1.82) is 0 Å². The molecule has 1 fully saturated rings. The van der Waals surface area contributed by atoms with E-state index in [1.807, 2.05) is 0 Å². The van der Waals surface area contributed by atoms with E-state index in [0.717, 1.165) is 0 Å². The van der Waals surface area contributed by atoms with Crippen molar-refractivity contribution in [3.63, 3.8) is 0 Å². The number of methoxy groups -OCH3 is 1. The van der Waals surface area contributed by atoms with Crippen molar-refractivity contribution in [2.45, 2.75) is 30.9 Å². The fraction of sp³-hybridized carbons (Fsp3) is 1.00. The fourth-order valence-electron chi connectivity index (χ4n) is 1.03. The summed E-state index contributed by atoms with van der Waals surface area (Å²) in [7, 11) is 1.25. The predicted molar refractivity (Wildman–Crippen MR) is 35.9 cm³/mol. The van der Waals surface area contributed by atoms with Crippen LogP contribution in [-0.2, 0) is 9.47 Å². The summed E-state index contributed by atoms with van der Waals surface area (Å²) < 4.78 is 9.19. The number of rotatable bonds is 1. The van der Waals surface area contributed by atoms with Crippen LogP contribution in [0.1, 0.15) is 0 Å². The van der Waals surface area contributed by atoms with Gasteiger partial charge >= 0.3 is 0 Å². The molecule has 6 heteroatoms. The first kappa shape index (κ1) is 9.85. The summed E-state index contributed by atoms with van der Waals surface area (Å²) in [6.07, 6.45) is -6.97. The van der Waals surface area contributed by atoms with Crippen molar-refractivity contribution in [2.24, 2.45) is 0 Å². The zero-order valence-corrected chi connectivity index (χ0v) is 6.49. The number of aliphatic hydroxyl groups is 4. The highest BCUT2D eigenvalue weighted by Crippen LogP contribution is 2.19. The second kappa shape index (κ2) is 3.65. The Morgan fingerprint density at radius 1 is 1.00 bits per heavy atom. The third-order valence-electron chi connectivity index (χ3n) is 1.78. The highest BCUT2D eigenvalue weighted by molar-refractivity contribution is 4.84. The van der Waals surface area contributed by atoms with E-state index >= 15 is 0 Å². The van der Waals surface area contributed by atoms with E-state index in [1.54, 1.807) is 0 Å². The quantitative estimate of drug-likeness (QED) is 0.353. The Balaban J connectivity index is 2.63. The average molecular weight is 180 g/mol. The van der Waals surface area contributed by atoms with Crippen LogP contribution in [0.5, 0.6) is 0 Å². The van der Waals surface area contributed by atoms with Gasteiger partial charge in [-0.15, -0.1) is 0 Å². The molecule has 72 valence electrons. The zero-order valence-electron chi connectivity index (χ0n) is 6.49. The lowest BCUT2D eigenvalue weighted by Crippen LogP contribution is -2.57. The molecule has 1 unspecified atom stereocenters. The van der Waals surface area contributed by atoms with Crippen LogP contribution >= 0.6 is 0 Å². The normalized spacial score (nSPS) is 49.2. The topological polar surface area (TPSA) is 99.4 Å². The molecular weight excluding hydrogens is 168 g/mol. The summed E-state index contributed by atoms with van der Waals surface area (Å²) in [4.78, 5) is 0. The van der Waals surface area contributed by atoms with Gasteiger partial charge < -0.3 is 29.9 Å². The van der Waals surface area contributed by atoms with E-state index in [2.05, 4.69) is 9.47 Å². The van der Waals surface area contributed by atoms with Crippen molar-refractivity contribution in [1.82, 2.24) is 0 Å². The van der Waals surface area contributed by atoms with Crippen LogP contribution in [-0.4, -0.2) is 58.4 Å². The van der Waals surface area contributed by atoms with E-state index in [-0.39, 0.29) is 0 Å². The molecule has 1 rings (SSSR count). The van der Waals surface area contributed by atoms with Crippen molar-refractivity contribution in [3.05, 3.63) is 0 Å². The summed E-state index contributed by atoms with van der Waals surface area (Å²) in [5, 5.41) is 36.2. The molecule has 5 atom stereocenters. The maximum Gasteiger partial charge on any atom is 0.188 e. The molecule has 1 saturated heterocycles. The molecule has 12 heavy (non-hydrogen) atoms. The predicted octanol–water partition coefficient (Wildman–Crippen LogP) is -2.61. The van der Waals surface area contributed by atoms with Gasteiger partial charge in [0.05, 0.1) is 0 Å². The van der Waals surface area contributed by atoms with Crippen LogP contribution in [0.25, 0.3) is 0 Å². The summed E-state index contributed by atoms with van der Waals surface area (Å²) in [6, 6.07) is 0. The largest absolute Gasteiger partial charge is 0.387 e. The standard InChI is InChI=1S/C6H12O6/c1-11-6-4(9)2(7)3(8)5(10)12-6/h2-10H,1H3/t2-,3-,4+,5?,6+/m1/s1. The molecule has 1 heterocycles. The van der Waals surface area contributed by atoms with Gasteiger partial charge in [0.15, 0.2) is 12.6 Å². The van der Waals surface area contributed by atoms with Gasteiger partial charge in [0, 0.05) is 7.11 Å². The van der Waals surface area contributed by atoms with Crippen LogP contribution in [0.3, 0.4) is 0 Å². The SMILES string of the molecule is CO[C@H]1OC(O)[C@H](O)[C@@H](O)[C@@H]1O. The molecule has 0 saturated carbocycles. The first-order chi connectivity index (χ1) is 5.57. The van der Waals surface area contributed by atoms with Crippen molar-refractivity contribution in [2.75, 3.05) is 7.11 Å². The van der Waals surface area contributed by atoms with Crippen molar-refractivity contribution in [3.8, 4) is 0 Å². The van der Waals surface area contributed by atoms with Gasteiger partial charge in [-0.2, -0.15) is 0 Å². The van der Waals surface area contributed by atoms with Crippen LogP contribution < -0.4 is 0 Å². The first-order valence-corrected chi connectivity index (χ1v) is 3.48. The Bertz CT molecular complexity index is 146. The Kier molecular flexibility index (Phi) is 2.99. The molecule has 0 aromatic carbocycles. The minimum absolute atomic E-state index is 1.11. The highest BCUT2D eigenvalue weighted by atomic mass is 16.7. The van der Waals surface area contributed by atoms with Gasteiger partial charge in [0.1, 0.15) is 18.3 Å². The van der Waals surface area contributed by atoms with Gasteiger partial charge in [0.25, 0.3) is 0 Å². The van der Waals surface area contributed by atoms with Gasteiger partial charge in [-0.05, 0) is 0 Å². The lowest BCUT2D eigenvalue weighted by atomic mass is 10.0. The van der Waals surface area contributed by atoms with Gasteiger partial charge in [-0.25, -0.2) is 0 Å². The van der Waals surface area contributed by atoms with E-state index in [1.165, 1.54) is 7.11 Å². The molecule has 1 aliphatic heterocycles. The lowest BCUT2D eigenvalue weighted by Gasteiger charge is -2.37. The maximum absolute atomic E-state index is 9.15. The van der Waals surface area contributed by atoms with Gasteiger partial charge in [-0.1, -0.05) is 0 Å². The average Bonchev–Trinajstić information content (AvgIpc) is 2.08. The van der Waals surface area contributed by atoms with Crippen LogP contribution in [0.4, 0.5) is 0 Å². The third kappa shape index (κ3) is 1.58. The molecule has 0 radical (unpaired) electrons. The summed E-state index contributed by atoms with van der Waals surface area (Å²) in [6.45, 7) is 0. The molecule has 0 bridgehead atoms. The molecule has 0 spiro atoms. The zero-order chi connectivity index (χ0) is 9.30.